The first-order valence-corrected chi connectivity index (χ1v) is 30.0. The molecule has 1 aliphatic carbocycles. The van der Waals surface area contributed by atoms with E-state index in [9.17, 15) is 0 Å². The molecule has 0 N–H and O–H groups in total. The van der Waals surface area contributed by atoms with E-state index in [-0.39, 0.29) is 44.7 Å². The Kier molecular flexibility index (Phi) is 12.4. The Labute approximate surface area is 481 Å². The Morgan fingerprint density at radius 3 is 1.45 bits per heavy atom. The molecule has 0 radical (unpaired) electrons. The second-order valence-electron chi connectivity index (χ2n) is 29.9. The van der Waals surface area contributed by atoms with Crippen molar-refractivity contribution in [1.29, 1.82) is 0 Å². The maximum atomic E-state index is 2.79. The highest BCUT2D eigenvalue weighted by Crippen LogP contribution is 2.62. The third kappa shape index (κ3) is 8.67. The number of rotatable bonds is 5. The molecule has 3 aliphatic heterocycles. The van der Waals surface area contributed by atoms with Crippen LogP contribution in [0.3, 0.4) is 0 Å². The van der Waals surface area contributed by atoms with E-state index >= 15 is 0 Å². The molecule has 3 nitrogen and oxygen atoms in total. The summed E-state index contributed by atoms with van der Waals surface area (Å²) in [6.45, 7) is 40.3. The first-order chi connectivity index (χ1) is 37.6. The highest BCUT2D eigenvalue weighted by molar-refractivity contribution is 7.00. The van der Waals surface area contributed by atoms with Gasteiger partial charge < -0.3 is 14.7 Å². The van der Waals surface area contributed by atoms with Gasteiger partial charge in [-0.1, -0.05) is 221 Å². The molecule has 8 aromatic carbocycles. The van der Waals surface area contributed by atoms with Gasteiger partial charge in [0, 0.05) is 50.8 Å². The molecule has 0 bridgehead atoms. The summed E-state index contributed by atoms with van der Waals surface area (Å²) in [4.78, 5) is 8.12. The zero-order chi connectivity index (χ0) is 56.9. The number of benzene rings is 8. The normalized spacial score (nSPS) is 18.9. The lowest BCUT2D eigenvalue weighted by Crippen LogP contribution is -2.61. The molecule has 4 aliphatic rings. The van der Waals surface area contributed by atoms with E-state index < -0.39 is 0 Å². The van der Waals surface area contributed by atoms with Gasteiger partial charge in [-0.3, -0.25) is 0 Å². The number of fused-ring (bicyclic) bond motifs is 7. The zero-order valence-electron chi connectivity index (χ0n) is 51.3. The molecule has 12 rings (SSSR count). The summed E-state index contributed by atoms with van der Waals surface area (Å²) in [5, 5.41) is 0. The first-order valence-electron chi connectivity index (χ1n) is 30.0. The van der Waals surface area contributed by atoms with Crippen LogP contribution in [0.1, 0.15) is 177 Å². The van der Waals surface area contributed by atoms with Gasteiger partial charge in [-0.05, 0) is 180 Å². The Morgan fingerprint density at radius 2 is 0.838 bits per heavy atom. The van der Waals surface area contributed by atoms with E-state index in [0.717, 1.165) is 6.42 Å². The van der Waals surface area contributed by atoms with Crippen molar-refractivity contribution in [2.24, 2.45) is 0 Å². The fourth-order valence-corrected chi connectivity index (χ4v) is 14.2. The molecule has 1 fully saturated rings. The van der Waals surface area contributed by atoms with Gasteiger partial charge in [0.25, 0.3) is 6.71 Å². The van der Waals surface area contributed by atoms with Crippen molar-refractivity contribution < 1.29 is 0 Å². The molecule has 1 saturated carbocycles. The van der Waals surface area contributed by atoms with Gasteiger partial charge >= 0.3 is 0 Å². The molecule has 2 atom stereocenters. The summed E-state index contributed by atoms with van der Waals surface area (Å²) in [7, 11) is 0. The summed E-state index contributed by atoms with van der Waals surface area (Å²) in [6.07, 6.45) is 4.76. The molecule has 0 aromatic heterocycles. The maximum Gasteiger partial charge on any atom is 0.252 e. The second-order valence-corrected chi connectivity index (χ2v) is 29.9. The van der Waals surface area contributed by atoms with E-state index in [1.807, 2.05) is 0 Å². The van der Waals surface area contributed by atoms with Crippen molar-refractivity contribution in [3.05, 3.63) is 197 Å². The highest BCUT2D eigenvalue weighted by atomic mass is 15.3. The second kappa shape index (κ2) is 18.4. The minimum atomic E-state index is -0.157. The van der Waals surface area contributed by atoms with Crippen LogP contribution in [-0.2, 0) is 32.5 Å². The predicted molar refractivity (Wildman–Crippen MR) is 348 cm³/mol. The number of hydrogen-bond donors (Lipinski definition) is 0. The predicted octanol–water partition coefficient (Wildman–Crippen LogP) is 19.3. The van der Waals surface area contributed by atoms with E-state index in [1.54, 1.807) is 0 Å². The monoisotopic (exact) mass is 1050 g/mol. The van der Waals surface area contributed by atoms with E-state index in [1.165, 1.54) is 137 Å². The summed E-state index contributed by atoms with van der Waals surface area (Å²) in [5.74, 6) is 0. The minimum absolute atomic E-state index is 0.0119. The van der Waals surface area contributed by atoms with Gasteiger partial charge in [0.2, 0.25) is 0 Å². The number of anilines is 8. The summed E-state index contributed by atoms with van der Waals surface area (Å²) < 4.78 is 0. The molecule has 8 aromatic rings. The van der Waals surface area contributed by atoms with Gasteiger partial charge in [-0.2, -0.15) is 0 Å². The molecule has 3 heterocycles. The third-order valence-corrected chi connectivity index (χ3v) is 19.4. The van der Waals surface area contributed by atoms with Crippen molar-refractivity contribution in [2.75, 3.05) is 14.7 Å². The lowest BCUT2D eigenvalue weighted by molar-refractivity contribution is 0.195. The van der Waals surface area contributed by atoms with Crippen molar-refractivity contribution in [3.63, 3.8) is 0 Å². The molecule has 0 spiro atoms. The fourth-order valence-electron chi connectivity index (χ4n) is 14.2. The van der Waals surface area contributed by atoms with Gasteiger partial charge in [-0.25, -0.2) is 0 Å². The van der Waals surface area contributed by atoms with Crippen LogP contribution in [0.5, 0.6) is 0 Å². The van der Waals surface area contributed by atoms with Crippen LogP contribution in [0.2, 0.25) is 0 Å². The van der Waals surface area contributed by atoms with Crippen molar-refractivity contribution in [3.8, 4) is 22.3 Å². The average Bonchev–Trinajstić information content (AvgIpc) is 3.61. The third-order valence-electron chi connectivity index (χ3n) is 19.4. The van der Waals surface area contributed by atoms with Crippen LogP contribution in [0.4, 0.5) is 45.5 Å². The molecule has 4 heteroatoms. The number of nitrogens with zero attached hydrogens (tertiary/aromatic N) is 3. The van der Waals surface area contributed by atoms with Crippen molar-refractivity contribution in [2.45, 2.75) is 181 Å². The molecule has 0 amide bonds. The quantitative estimate of drug-likeness (QED) is 0.159. The van der Waals surface area contributed by atoms with E-state index in [2.05, 4.69) is 296 Å². The molecule has 2 unspecified atom stereocenters. The number of hydrogen-bond acceptors (Lipinski definition) is 3. The van der Waals surface area contributed by atoms with Crippen LogP contribution in [0.25, 0.3) is 22.3 Å². The summed E-state index contributed by atoms with van der Waals surface area (Å²) >= 11 is 0. The smallest absolute Gasteiger partial charge is 0.252 e. The Bertz CT molecular complexity index is 3720. The molecule has 80 heavy (non-hydrogen) atoms. The van der Waals surface area contributed by atoms with Gasteiger partial charge in [-0.15, -0.1) is 0 Å². The Balaban J connectivity index is 1.13. The topological polar surface area (TPSA) is 9.72 Å². The van der Waals surface area contributed by atoms with Gasteiger partial charge in [0.05, 0.1) is 11.2 Å². The van der Waals surface area contributed by atoms with Crippen LogP contribution in [0.15, 0.2) is 164 Å². The average molecular weight is 1050 g/mol. The summed E-state index contributed by atoms with van der Waals surface area (Å²) in [5.41, 5.74) is 27.0. The van der Waals surface area contributed by atoms with Crippen LogP contribution < -0.4 is 31.1 Å². The SMILES string of the molecule is CC(C)(C)c1ccc(-c2ccc3c(c2)C2(C)CCCCC2(C)N3c2ccc3c(c2)N(c2ccc(C(C)(C)C)cc2)c2cc(C(C)(C)C)cc4c2B3c2ccc(C(C)(C)C)cc2N4c2ccc(C(C)(C)C)cc2-c2ccccc2)cc1. The van der Waals surface area contributed by atoms with Crippen LogP contribution >= 0.6 is 0 Å². The molecular formula is C76H86BN3. The van der Waals surface area contributed by atoms with Crippen molar-refractivity contribution >= 4 is 68.6 Å². The van der Waals surface area contributed by atoms with Crippen molar-refractivity contribution in [1.82, 2.24) is 0 Å². The lowest BCUT2D eigenvalue weighted by Gasteiger charge is -2.51. The first kappa shape index (κ1) is 53.8. The Hall–Kier alpha value is -6.78. The van der Waals surface area contributed by atoms with E-state index in [0.29, 0.717) is 0 Å². The van der Waals surface area contributed by atoms with Gasteiger partial charge in [0.15, 0.2) is 0 Å². The van der Waals surface area contributed by atoms with Crippen LogP contribution in [-0.4, -0.2) is 12.3 Å². The highest BCUT2D eigenvalue weighted by Gasteiger charge is 2.58. The molecular weight excluding hydrogens is 966 g/mol. The largest absolute Gasteiger partial charge is 0.334 e. The van der Waals surface area contributed by atoms with E-state index in [4.69, 9.17) is 0 Å². The minimum Gasteiger partial charge on any atom is -0.334 e. The zero-order valence-corrected chi connectivity index (χ0v) is 51.3. The lowest BCUT2D eigenvalue weighted by atomic mass is 9.33. The summed E-state index contributed by atoms with van der Waals surface area (Å²) in [6, 6.07) is 65.0. The van der Waals surface area contributed by atoms with Gasteiger partial charge in [0.1, 0.15) is 0 Å². The maximum absolute atomic E-state index is 2.79. The fraction of sp³-hybridized carbons (Fsp3) is 0.368. The molecule has 408 valence electrons. The molecule has 0 saturated heterocycles. The van der Waals surface area contributed by atoms with Crippen LogP contribution in [0, 0.1) is 0 Å². The Morgan fingerprint density at radius 1 is 0.362 bits per heavy atom. The standard InChI is InChI=1S/C76H86BN3/c1-70(2,3)52-28-25-49(26-29-52)51-27-39-64-60(43-51)75(16)41-21-22-42-76(75,17)80(64)58-36-38-62-66(48-58)78(57-34-30-53(31-35-57)71(4,5)6)67-46-56(74(13,14)15)47-68-69(67)77(62)61-37-32-55(73(10,11)12)45-65(61)79(68)63-40-33-54(72(7,8)9)44-59(63)50-23-19-18-20-24-50/h18-20,23-40,43-48H,21-22,41-42H2,1-17H3.